The van der Waals surface area contributed by atoms with Crippen LogP contribution in [0, 0.1) is 5.82 Å². The zero-order chi connectivity index (χ0) is 18.8. The van der Waals surface area contributed by atoms with Gasteiger partial charge in [0.1, 0.15) is 11.5 Å². The van der Waals surface area contributed by atoms with E-state index in [9.17, 15) is 9.18 Å². The smallest absolute Gasteiger partial charge is 0.160 e. The Morgan fingerprint density at radius 3 is 2.70 bits per heavy atom. The van der Waals surface area contributed by atoms with E-state index in [4.69, 9.17) is 0 Å². The van der Waals surface area contributed by atoms with Crippen LogP contribution in [0.15, 0.2) is 66.0 Å². The molecule has 0 atom stereocenters. The molecule has 0 aliphatic heterocycles. The third-order valence-electron chi connectivity index (χ3n) is 4.72. The van der Waals surface area contributed by atoms with E-state index >= 15 is 0 Å². The summed E-state index contributed by atoms with van der Waals surface area (Å²) < 4.78 is 14.7. The number of halogens is 1. The van der Waals surface area contributed by atoms with Crippen molar-refractivity contribution < 1.29 is 9.18 Å². The molecule has 0 bridgehead atoms. The molecule has 5 nitrogen and oxygen atoms in total. The maximum absolute atomic E-state index is 13.0. The lowest BCUT2D eigenvalue weighted by molar-refractivity contribution is -0.114. The summed E-state index contributed by atoms with van der Waals surface area (Å²) in [5.74, 6) is -0.0472. The van der Waals surface area contributed by atoms with E-state index in [1.807, 2.05) is 37.4 Å². The average molecular weight is 362 g/mol. The number of benzene rings is 2. The first kappa shape index (κ1) is 17.1. The van der Waals surface area contributed by atoms with Crippen molar-refractivity contribution in [1.82, 2.24) is 15.0 Å². The van der Waals surface area contributed by atoms with Crippen LogP contribution in [0.4, 0.5) is 10.1 Å². The van der Waals surface area contributed by atoms with E-state index in [1.165, 1.54) is 12.1 Å². The highest BCUT2D eigenvalue weighted by Crippen LogP contribution is 2.26. The van der Waals surface area contributed by atoms with Crippen LogP contribution in [0.25, 0.3) is 11.3 Å². The number of allylic oxidation sites excluding steroid dienone is 2. The van der Waals surface area contributed by atoms with Crippen LogP contribution in [0.3, 0.4) is 0 Å². The topological polar surface area (TPSA) is 59.8 Å². The first-order chi connectivity index (χ1) is 13.1. The van der Waals surface area contributed by atoms with E-state index in [0.29, 0.717) is 13.0 Å². The molecule has 136 valence electrons. The number of Topliss-reactive ketones (excluding diaryl/α,β-unsaturated/α-hetero) is 1. The summed E-state index contributed by atoms with van der Waals surface area (Å²) in [6.45, 7) is 2.39. The quantitative estimate of drug-likeness (QED) is 0.740. The molecule has 0 saturated heterocycles. The summed E-state index contributed by atoms with van der Waals surface area (Å²) in [6.07, 6.45) is 3.19. The number of nitrogens with zero attached hydrogens (tertiary/aromatic N) is 3. The molecule has 0 unspecified atom stereocenters. The molecule has 2 aromatic carbocycles. The Hall–Kier alpha value is -3.28. The number of anilines is 1. The number of hydrogen-bond acceptors (Lipinski definition) is 4. The second-order valence-electron chi connectivity index (χ2n) is 6.66. The molecule has 0 radical (unpaired) electrons. The number of aromatic nitrogens is 3. The molecule has 1 heterocycles. The van der Waals surface area contributed by atoms with Gasteiger partial charge in [0.2, 0.25) is 0 Å². The van der Waals surface area contributed by atoms with Gasteiger partial charge in [-0.3, -0.25) is 4.79 Å². The minimum absolute atomic E-state index is 0.206. The van der Waals surface area contributed by atoms with Gasteiger partial charge in [-0.25, -0.2) is 9.07 Å². The zero-order valence-corrected chi connectivity index (χ0v) is 14.9. The fourth-order valence-corrected chi connectivity index (χ4v) is 3.15. The Kier molecular flexibility index (Phi) is 4.54. The minimum atomic E-state index is -0.253. The number of rotatable bonds is 5. The summed E-state index contributed by atoms with van der Waals surface area (Å²) in [6, 6.07) is 14.2. The Bertz CT molecular complexity index is 1020. The SMILES string of the molecule is CC1=C(Nc2cccc(-c3cn(Cc4ccc(F)cc4)nn3)c2)CCC1=O. The number of carbonyl (C=O) groups excluding carboxylic acids is 1. The second kappa shape index (κ2) is 7.15. The molecule has 4 rings (SSSR count). The van der Waals surface area contributed by atoms with Crippen molar-refractivity contribution in [2.75, 3.05) is 5.32 Å². The van der Waals surface area contributed by atoms with Crippen LogP contribution in [-0.4, -0.2) is 20.8 Å². The van der Waals surface area contributed by atoms with Gasteiger partial charge in [-0.05, 0) is 43.2 Å². The van der Waals surface area contributed by atoms with Gasteiger partial charge in [0, 0.05) is 28.9 Å². The van der Waals surface area contributed by atoms with Crippen LogP contribution in [0.1, 0.15) is 25.3 Å². The van der Waals surface area contributed by atoms with E-state index in [-0.39, 0.29) is 11.6 Å². The lowest BCUT2D eigenvalue weighted by atomic mass is 10.1. The lowest BCUT2D eigenvalue weighted by Crippen LogP contribution is -2.00. The zero-order valence-electron chi connectivity index (χ0n) is 14.9. The standard InChI is InChI=1S/C21H19FN4O/c1-14-19(9-10-21(14)27)23-18-4-2-3-16(11-18)20-13-26(25-24-20)12-15-5-7-17(22)8-6-15/h2-8,11,13,23H,9-10,12H2,1H3. The van der Waals surface area contributed by atoms with Crippen molar-refractivity contribution in [3.8, 4) is 11.3 Å². The Morgan fingerprint density at radius 1 is 1.15 bits per heavy atom. The van der Waals surface area contributed by atoms with Gasteiger partial charge in [0.15, 0.2) is 5.78 Å². The van der Waals surface area contributed by atoms with Crippen LogP contribution in [0.5, 0.6) is 0 Å². The molecule has 1 aromatic heterocycles. The van der Waals surface area contributed by atoms with Crippen molar-refractivity contribution in [3.05, 3.63) is 77.4 Å². The predicted molar refractivity (Wildman–Crippen MR) is 102 cm³/mol. The normalized spacial score (nSPS) is 14.1. The third kappa shape index (κ3) is 3.79. The second-order valence-corrected chi connectivity index (χ2v) is 6.66. The van der Waals surface area contributed by atoms with Gasteiger partial charge in [-0.2, -0.15) is 0 Å². The largest absolute Gasteiger partial charge is 0.359 e. The van der Waals surface area contributed by atoms with Crippen LogP contribution in [-0.2, 0) is 11.3 Å². The molecule has 1 aliphatic carbocycles. The molecule has 0 amide bonds. The van der Waals surface area contributed by atoms with Crippen molar-refractivity contribution in [1.29, 1.82) is 0 Å². The third-order valence-corrected chi connectivity index (χ3v) is 4.72. The van der Waals surface area contributed by atoms with Gasteiger partial charge in [-0.1, -0.05) is 29.5 Å². The lowest BCUT2D eigenvalue weighted by Gasteiger charge is -2.09. The summed E-state index contributed by atoms with van der Waals surface area (Å²) >= 11 is 0. The van der Waals surface area contributed by atoms with Gasteiger partial charge < -0.3 is 5.32 Å². The molecule has 3 aromatic rings. The maximum Gasteiger partial charge on any atom is 0.160 e. The molecule has 0 saturated carbocycles. The summed E-state index contributed by atoms with van der Waals surface area (Å²) in [7, 11) is 0. The van der Waals surface area contributed by atoms with Gasteiger partial charge >= 0.3 is 0 Å². The van der Waals surface area contributed by atoms with Gasteiger partial charge in [-0.15, -0.1) is 5.10 Å². The van der Waals surface area contributed by atoms with E-state index in [0.717, 1.165) is 40.2 Å². The van der Waals surface area contributed by atoms with Gasteiger partial charge in [0.05, 0.1) is 12.7 Å². The number of nitrogens with one attached hydrogen (secondary N) is 1. The van der Waals surface area contributed by atoms with Crippen LogP contribution < -0.4 is 5.32 Å². The minimum Gasteiger partial charge on any atom is -0.359 e. The fourth-order valence-electron chi connectivity index (χ4n) is 3.15. The number of carbonyl (C=O) groups is 1. The van der Waals surface area contributed by atoms with Crippen molar-refractivity contribution in [3.63, 3.8) is 0 Å². The van der Waals surface area contributed by atoms with E-state index in [1.54, 1.807) is 16.8 Å². The summed E-state index contributed by atoms with van der Waals surface area (Å²) in [4.78, 5) is 11.7. The Labute approximate surface area is 156 Å². The first-order valence-corrected chi connectivity index (χ1v) is 8.83. The molecular weight excluding hydrogens is 343 g/mol. The molecule has 0 fully saturated rings. The van der Waals surface area contributed by atoms with Crippen LogP contribution >= 0.6 is 0 Å². The molecule has 1 N–H and O–H groups in total. The highest BCUT2D eigenvalue weighted by atomic mass is 19.1. The molecule has 6 heteroatoms. The molecule has 1 aliphatic rings. The summed E-state index contributed by atoms with van der Waals surface area (Å²) in [5, 5.41) is 11.8. The van der Waals surface area contributed by atoms with E-state index in [2.05, 4.69) is 15.6 Å². The van der Waals surface area contributed by atoms with Crippen molar-refractivity contribution >= 4 is 11.5 Å². The predicted octanol–water partition coefficient (Wildman–Crippen LogP) is 4.18. The number of ketones is 1. The van der Waals surface area contributed by atoms with E-state index < -0.39 is 0 Å². The summed E-state index contributed by atoms with van der Waals surface area (Å²) in [5.41, 5.74) is 5.37. The molecular formula is C21H19FN4O. The Morgan fingerprint density at radius 2 is 1.96 bits per heavy atom. The maximum atomic E-state index is 13.0. The van der Waals surface area contributed by atoms with Gasteiger partial charge in [0.25, 0.3) is 0 Å². The van der Waals surface area contributed by atoms with Crippen molar-refractivity contribution in [2.45, 2.75) is 26.3 Å². The van der Waals surface area contributed by atoms with Crippen LogP contribution in [0.2, 0.25) is 0 Å². The Balaban J connectivity index is 1.51. The highest BCUT2D eigenvalue weighted by Gasteiger charge is 2.19. The number of hydrogen-bond donors (Lipinski definition) is 1. The fraction of sp³-hybridized carbons (Fsp3) is 0.190. The van der Waals surface area contributed by atoms with Crippen molar-refractivity contribution in [2.24, 2.45) is 0 Å². The highest BCUT2D eigenvalue weighted by molar-refractivity contribution is 5.98. The first-order valence-electron chi connectivity index (χ1n) is 8.83. The molecule has 0 spiro atoms. The molecule has 27 heavy (non-hydrogen) atoms. The average Bonchev–Trinajstić information content (AvgIpc) is 3.26. The monoisotopic (exact) mass is 362 g/mol.